The van der Waals surface area contributed by atoms with Gasteiger partial charge < -0.3 is 19.3 Å². The van der Waals surface area contributed by atoms with Crippen LogP contribution in [-0.2, 0) is 14.3 Å². The molecule has 0 aliphatic heterocycles. The van der Waals surface area contributed by atoms with Crippen molar-refractivity contribution in [2.24, 2.45) is 0 Å². The number of alkyl carbamates (subject to hydrolysis) is 1. The van der Waals surface area contributed by atoms with Gasteiger partial charge in [-0.25, -0.2) is 9.59 Å². The first kappa shape index (κ1) is 16.3. The molecular weight excluding hydrogens is 282 g/mol. The highest BCUT2D eigenvalue weighted by Gasteiger charge is 2.22. The van der Waals surface area contributed by atoms with Gasteiger partial charge in [-0.3, -0.25) is 10.1 Å². The van der Waals surface area contributed by atoms with Gasteiger partial charge in [0.2, 0.25) is 0 Å². The largest absolute Gasteiger partial charge is 0.507 e. The van der Waals surface area contributed by atoms with Gasteiger partial charge in [0.05, 0.1) is 14.2 Å². The Hall–Kier alpha value is -2.77. The van der Waals surface area contributed by atoms with Crippen LogP contribution in [0.4, 0.5) is 4.79 Å². The van der Waals surface area contributed by atoms with E-state index < -0.39 is 24.1 Å². The Morgan fingerprint density at radius 3 is 2.43 bits per heavy atom. The van der Waals surface area contributed by atoms with Crippen LogP contribution >= 0.6 is 0 Å². The minimum Gasteiger partial charge on any atom is -0.507 e. The van der Waals surface area contributed by atoms with Gasteiger partial charge in [-0.1, -0.05) is 0 Å². The van der Waals surface area contributed by atoms with Crippen LogP contribution in [-0.4, -0.2) is 43.4 Å². The molecule has 0 radical (unpaired) electrons. The Kier molecular flexibility index (Phi) is 5.53. The van der Waals surface area contributed by atoms with Crippen molar-refractivity contribution >= 4 is 18.0 Å². The molecule has 0 aromatic heterocycles. The molecule has 21 heavy (non-hydrogen) atoms. The molecule has 0 saturated heterocycles. The zero-order valence-electron chi connectivity index (χ0n) is 11.7. The fraction of sp³-hybridized carbons (Fsp3) is 0.308. The van der Waals surface area contributed by atoms with Crippen LogP contribution in [0.25, 0.3) is 0 Å². The highest BCUT2D eigenvalue weighted by atomic mass is 16.6. The van der Waals surface area contributed by atoms with Crippen LogP contribution in [0.3, 0.4) is 0 Å². The lowest BCUT2D eigenvalue weighted by Gasteiger charge is -2.13. The number of hydrogen-bond donors (Lipinski definition) is 2. The minimum absolute atomic E-state index is 0.131. The molecule has 0 fully saturated rings. The molecule has 0 unspecified atom stereocenters. The average molecular weight is 297 g/mol. The molecule has 1 atom stereocenters. The summed E-state index contributed by atoms with van der Waals surface area (Å²) < 4.78 is 14.0. The molecule has 0 saturated carbocycles. The number of phenols is 1. The van der Waals surface area contributed by atoms with Crippen LogP contribution in [0.2, 0.25) is 0 Å². The lowest BCUT2D eigenvalue weighted by atomic mass is 10.2. The van der Waals surface area contributed by atoms with Crippen molar-refractivity contribution in [3.63, 3.8) is 0 Å². The van der Waals surface area contributed by atoms with E-state index in [0.29, 0.717) is 5.75 Å². The maximum atomic E-state index is 11.8. The van der Waals surface area contributed by atoms with E-state index >= 15 is 0 Å². The van der Waals surface area contributed by atoms with Crippen LogP contribution in [0, 0.1) is 0 Å². The number of carbonyl (C=O) groups excluding carboxylic acids is 3. The molecule has 1 rings (SSSR count). The Morgan fingerprint density at radius 2 is 1.90 bits per heavy atom. The molecule has 114 valence electrons. The van der Waals surface area contributed by atoms with Crippen molar-refractivity contribution in [2.45, 2.75) is 13.0 Å². The lowest BCUT2D eigenvalue weighted by molar-refractivity contribution is -0.128. The SMILES string of the molecule is COC(=O)NC(=O)[C@@H](C)OC(=O)c1ccc(OC)cc1O. The second kappa shape index (κ2) is 7.13. The van der Waals surface area contributed by atoms with E-state index in [1.165, 1.54) is 32.2 Å². The van der Waals surface area contributed by atoms with Gasteiger partial charge in [0, 0.05) is 6.07 Å². The molecular formula is C13H15NO7. The van der Waals surface area contributed by atoms with Gasteiger partial charge >= 0.3 is 12.1 Å². The van der Waals surface area contributed by atoms with E-state index in [1.54, 1.807) is 0 Å². The summed E-state index contributed by atoms with van der Waals surface area (Å²) in [5.41, 5.74) is -0.131. The van der Waals surface area contributed by atoms with Crippen LogP contribution in [0.5, 0.6) is 11.5 Å². The molecule has 2 N–H and O–H groups in total. The van der Waals surface area contributed by atoms with Crippen molar-refractivity contribution in [1.29, 1.82) is 0 Å². The summed E-state index contributed by atoms with van der Waals surface area (Å²) in [6.45, 7) is 1.27. The van der Waals surface area contributed by atoms with Crippen LogP contribution < -0.4 is 10.1 Å². The zero-order chi connectivity index (χ0) is 16.0. The number of amides is 2. The summed E-state index contributed by atoms with van der Waals surface area (Å²) in [6.07, 6.45) is -2.20. The molecule has 8 heteroatoms. The van der Waals surface area contributed by atoms with Crippen molar-refractivity contribution < 1.29 is 33.7 Å². The number of carbonyl (C=O) groups is 3. The third kappa shape index (κ3) is 4.37. The smallest absolute Gasteiger partial charge is 0.413 e. The number of methoxy groups -OCH3 is 2. The quantitative estimate of drug-likeness (QED) is 0.792. The van der Waals surface area contributed by atoms with Crippen LogP contribution in [0.1, 0.15) is 17.3 Å². The van der Waals surface area contributed by atoms with Gasteiger partial charge in [0.1, 0.15) is 17.1 Å². The van der Waals surface area contributed by atoms with E-state index in [1.807, 2.05) is 5.32 Å². The topological polar surface area (TPSA) is 111 Å². The number of imide groups is 1. The Labute approximate surface area is 120 Å². The molecule has 2 amide bonds. The molecule has 1 aromatic rings. The predicted molar refractivity (Wildman–Crippen MR) is 70.1 cm³/mol. The monoisotopic (exact) mass is 297 g/mol. The van der Waals surface area contributed by atoms with Gasteiger partial charge in [-0.2, -0.15) is 0 Å². The molecule has 0 aliphatic rings. The third-order valence-electron chi connectivity index (χ3n) is 2.49. The first-order valence-corrected chi connectivity index (χ1v) is 5.85. The molecule has 1 aromatic carbocycles. The van der Waals surface area contributed by atoms with E-state index in [2.05, 4.69) is 4.74 Å². The fourth-order valence-electron chi connectivity index (χ4n) is 1.34. The zero-order valence-corrected chi connectivity index (χ0v) is 11.7. The summed E-state index contributed by atoms with van der Waals surface area (Å²) in [7, 11) is 2.50. The second-order valence-electron chi connectivity index (χ2n) is 3.91. The standard InChI is InChI=1S/C13H15NO7/c1-7(11(16)14-13(18)20-3)21-12(17)9-5-4-8(19-2)6-10(9)15/h4-7,15H,1-3H3,(H,14,16,18)/t7-/m1/s1. The number of nitrogens with one attached hydrogen (secondary N) is 1. The fourth-order valence-corrected chi connectivity index (χ4v) is 1.34. The number of aromatic hydroxyl groups is 1. The highest BCUT2D eigenvalue weighted by molar-refractivity contribution is 5.98. The summed E-state index contributed by atoms with van der Waals surface area (Å²) in [5, 5.41) is 11.5. The molecule has 0 bridgehead atoms. The van der Waals surface area contributed by atoms with Crippen molar-refractivity contribution in [3.8, 4) is 11.5 Å². The number of phenolic OH excluding ortho intramolecular Hbond substituents is 1. The van der Waals surface area contributed by atoms with E-state index in [4.69, 9.17) is 9.47 Å². The molecule has 0 spiro atoms. The number of hydrogen-bond acceptors (Lipinski definition) is 7. The van der Waals surface area contributed by atoms with Gasteiger partial charge in [0.25, 0.3) is 5.91 Å². The number of rotatable bonds is 4. The van der Waals surface area contributed by atoms with Crippen molar-refractivity contribution in [3.05, 3.63) is 23.8 Å². The summed E-state index contributed by atoms with van der Waals surface area (Å²) in [5.74, 6) is -1.74. The van der Waals surface area contributed by atoms with E-state index in [9.17, 15) is 19.5 Å². The lowest BCUT2D eigenvalue weighted by Crippen LogP contribution is -2.39. The number of esters is 1. The van der Waals surface area contributed by atoms with E-state index in [-0.39, 0.29) is 11.3 Å². The first-order chi connectivity index (χ1) is 9.88. The highest BCUT2D eigenvalue weighted by Crippen LogP contribution is 2.24. The molecule has 8 nitrogen and oxygen atoms in total. The number of ether oxygens (including phenoxy) is 3. The van der Waals surface area contributed by atoms with Crippen LogP contribution in [0.15, 0.2) is 18.2 Å². The summed E-state index contributed by atoms with van der Waals surface area (Å²) in [4.78, 5) is 34.2. The van der Waals surface area contributed by atoms with Gasteiger partial charge in [-0.15, -0.1) is 0 Å². The maximum Gasteiger partial charge on any atom is 0.413 e. The van der Waals surface area contributed by atoms with Gasteiger partial charge in [-0.05, 0) is 19.1 Å². The third-order valence-corrected chi connectivity index (χ3v) is 2.49. The Balaban J connectivity index is 2.72. The molecule has 0 aliphatic carbocycles. The Bertz CT molecular complexity index is 555. The second-order valence-corrected chi connectivity index (χ2v) is 3.91. The summed E-state index contributed by atoms with van der Waals surface area (Å²) >= 11 is 0. The Morgan fingerprint density at radius 1 is 1.24 bits per heavy atom. The first-order valence-electron chi connectivity index (χ1n) is 5.85. The normalized spacial score (nSPS) is 11.2. The predicted octanol–water partition coefficient (Wildman–Crippen LogP) is 0.829. The minimum atomic E-state index is -1.24. The summed E-state index contributed by atoms with van der Waals surface area (Å²) in [6, 6.07) is 3.98. The van der Waals surface area contributed by atoms with Gasteiger partial charge in [0.15, 0.2) is 6.10 Å². The maximum absolute atomic E-state index is 11.8. The molecule has 0 heterocycles. The number of benzene rings is 1. The van der Waals surface area contributed by atoms with Crippen molar-refractivity contribution in [1.82, 2.24) is 5.32 Å². The van der Waals surface area contributed by atoms with Crippen molar-refractivity contribution in [2.75, 3.05) is 14.2 Å². The average Bonchev–Trinajstić information content (AvgIpc) is 2.46. The van der Waals surface area contributed by atoms with E-state index in [0.717, 1.165) is 7.11 Å².